The van der Waals surface area contributed by atoms with Crippen LogP contribution in [-0.4, -0.2) is 51.6 Å². The monoisotopic (exact) mass is 520 g/mol. The standard InChI is InChI=1S/C24H25ClN2O5S2/c1-15-7-8-16(2)19(11-15)23(28)27-13-21(31-3)22(14-27)32-18-6-4-5-17(12-18)26-34(29,30)24-20(25)9-10-33-24/h4-12,21-22,26H,13-14H2,1-3H3/t21-,22-/m1/s1. The van der Waals surface area contributed by atoms with Crippen LogP contribution in [0.3, 0.4) is 0 Å². The molecule has 1 aromatic heterocycles. The second-order valence-electron chi connectivity index (χ2n) is 8.15. The van der Waals surface area contributed by atoms with Gasteiger partial charge in [-0.1, -0.05) is 35.4 Å². The lowest BCUT2D eigenvalue weighted by atomic mass is 10.0. The second kappa shape index (κ2) is 9.95. The fourth-order valence-corrected chi connectivity index (χ4v) is 6.60. The maximum Gasteiger partial charge on any atom is 0.272 e. The molecule has 0 spiro atoms. The number of nitrogens with zero attached hydrogens (tertiary/aromatic N) is 1. The Kier molecular flexibility index (Phi) is 7.18. The second-order valence-corrected chi connectivity index (χ2v) is 11.3. The van der Waals surface area contributed by atoms with Crippen molar-refractivity contribution in [1.82, 2.24) is 4.90 Å². The number of ether oxygens (including phenoxy) is 2. The first-order valence-electron chi connectivity index (χ1n) is 10.6. The summed E-state index contributed by atoms with van der Waals surface area (Å²) in [7, 11) is -2.23. The molecule has 1 fully saturated rings. The lowest BCUT2D eigenvalue weighted by molar-refractivity contribution is 0.0340. The Morgan fingerprint density at radius 3 is 2.59 bits per heavy atom. The predicted molar refractivity (Wildman–Crippen MR) is 134 cm³/mol. The molecular formula is C24H25ClN2O5S2. The van der Waals surface area contributed by atoms with Gasteiger partial charge in [0.05, 0.1) is 23.8 Å². The van der Waals surface area contributed by atoms with E-state index in [9.17, 15) is 13.2 Å². The predicted octanol–water partition coefficient (Wildman–Crippen LogP) is 4.74. The van der Waals surface area contributed by atoms with Crippen molar-refractivity contribution in [2.45, 2.75) is 30.3 Å². The van der Waals surface area contributed by atoms with Crippen LogP contribution >= 0.6 is 22.9 Å². The molecule has 1 saturated heterocycles. The summed E-state index contributed by atoms with van der Waals surface area (Å²) in [4.78, 5) is 14.9. The lowest BCUT2D eigenvalue weighted by Gasteiger charge is -2.19. The molecule has 4 rings (SSSR count). The average Bonchev–Trinajstić information content (AvgIpc) is 3.41. The van der Waals surface area contributed by atoms with Gasteiger partial charge in [-0.2, -0.15) is 0 Å². The van der Waals surface area contributed by atoms with Crippen molar-refractivity contribution in [3.8, 4) is 5.75 Å². The van der Waals surface area contributed by atoms with Gasteiger partial charge in [0.2, 0.25) is 0 Å². The van der Waals surface area contributed by atoms with Crippen LogP contribution in [-0.2, 0) is 14.8 Å². The minimum absolute atomic E-state index is 0.0522. The number of amides is 1. The highest BCUT2D eigenvalue weighted by molar-refractivity contribution is 7.94. The van der Waals surface area contributed by atoms with E-state index < -0.39 is 16.1 Å². The Morgan fingerprint density at radius 1 is 1.12 bits per heavy atom. The first-order valence-corrected chi connectivity index (χ1v) is 13.3. The Balaban J connectivity index is 1.48. The first-order chi connectivity index (χ1) is 16.2. The summed E-state index contributed by atoms with van der Waals surface area (Å²) in [5.74, 6) is 0.397. The van der Waals surface area contributed by atoms with E-state index in [0.29, 0.717) is 30.1 Å². The van der Waals surface area contributed by atoms with Gasteiger partial charge in [0.25, 0.3) is 15.9 Å². The summed E-state index contributed by atoms with van der Waals surface area (Å²) in [6.07, 6.45) is -0.725. The number of likely N-dealkylation sites (tertiary alicyclic amines) is 1. The van der Waals surface area contributed by atoms with Gasteiger partial charge in [-0.3, -0.25) is 9.52 Å². The third kappa shape index (κ3) is 5.22. The number of carbonyl (C=O) groups excluding carboxylic acids is 1. The van der Waals surface area contributed by atoms with Crippen LogP contribution in [0.25, 0.3) is 0 Å². The number of hydrogen-bond acceptors (Lipinski definition) is 6. The van der Waals surface area contributed by atoms with Crippen molar-refractivity contribution < 1.29 is 22.7 Å². The van der Waals surface area contributed by atoms with Crippen LogP contribution in [0.1, 0.15) is 21.5 Å². The molecule has 1 aliphatic heterocycles. The summed E-state index contributed by atoms with van der Waals surface area (Å²) >= 11 is 7.03. The summed E-state index contributed by atoms with van der Waals surface area (Å²) in [5.41, 5.74) is 2.95. The number of benzene rings is 2. The van der Waals surface area contributed by atoms with E-state index in [0.717, 1.165) is 22.5 Å². The summed E-state index contributed by atoms with van der Waals surface area (Å²) in [6.45, 7) is 4.63. The fourth-order valence-electron chi connectivity index (χ4n) is 3.87. The highest BCUT2D eigenvalue weighted by Crippen LogP contribution is 2.30. The number of methoxy groups -OCH3 is 1. The number of carbonyl (C=O) groups is 1. The molecule has 10 heteroatoms. The van der Waals surface area contributed by atoms with E-state index >= 15 is 0 Å². The number of nitrogens with one attached hydrogen (secondary N) is 1. The highest BCUT2D eigenvalue weighted by atomic mass is 35.5. The zero-order valence-corrected chi connectivity index (χ0v) is 21.3. The number of thiophene rings is 1. The van der Waals surface area contributed by atoms with Gasteiger partial charge in [0.15, 0.2) is 4.21 Å². The van der Waals surface area contributed by atoms with Gasteiger partial charge < -0.3 is 14.4 Å². The number of rotatable bonds is 7. The number of sulfonamides is 1. The molecule has 0 unspecified atom stereocenters. The fraction of sp³-hybridized carbons (Fsp3) is 0.292. The number of halogens is 1. The zero-order chi connectivity index (χ0) is 24.5. The molecule has 0 saturated carbocycles. The highest BCUT2D eigenvalue weighted by Gasteiger charge is 2.37. The summed E-state index contributed by atoms with van der Waals surface area (Å²) < 4.78 is 39.6. The molecule has 1 amide bonds. The smallest absolute Gasteiger partial charge is 0.272 e. The van der Waals surface area contributed by atoms with Gasteiger partial charge >= 0.3 is 0 Å². The normalized spacial score (nSPS) is 18.2. The Morgan fingerprint density at radius 2 is 1.88 bits per heavy atom. The van der Waals surface area contributed by atoms with Crippen molar-refractivity contribution in [2.75, 3.05) is 24.9 Å². The average molecular weight is 521 g/mol. The van der Waals surface area contributed by atoms with E-state index in [1.165, 1.54) is 6.07 Å². The van der Waals surface area contributed by atoms with Crippen LogP contribution in [0.5, 0.6) is 5.75 Å². The largest absolute Gasteiger partial charge is 0.486 e. The van der Waals surface area contributed by atoms with Crippen LogP contribution in [0.2, 0.25) is 5.02 Å². The first kappa shape index (κ1) is 24.5. The molecule has 2 atom stereocenters. The van der Waals surface area contributed by atoms with Crippen molar-refractivity contribution in [3.63, 3.8) is 0 Å². The van der Waals surface area contributed by atoms with E-state index in [4.69, 9.17) is 21.1 Å². The van der Waals surface area contributed by atoms with Crippen molar-refractivity contribution >= 4 is 44.6 Å². The Hall–Kier alpha value is -2.59. The molecule has 1 aliphatic rings. The van der Waals surface area contributed by atoms with E-state index in [-0.39, 0.29) is 21.2 Å². The van der Waals surface area contributed by atoms with Crippen LogP contribution in [0.4, 0.5) is 5.69 Å². The molecule has 34 heavy (non-hydrogen) atoms. The number of aryl methyl sites for hydroxylation is 2. The minimum Gasteiger partial charge on any atom is -0.486 e. The molecule has 0 bridgehead atoms. The zero-order valence-electron chi connectivity index (χ0n) is 18.9. The molecular weight excluding hydrogens is 496 g/mol. The third-order valence-corrected chi connectivity index (χ3v) is 9.04. The maximum absolute atomic E-state index is 13.2. The molecule has 0 aliphatic carbocycles. The molecule has 7 nitrogen and oxygen atoms in total. The van der Waals surface area contributed by atoms with Crippen molar-refractivity contribution in [2.24, 2.45) is 0 Å². The summed E-state index contributed by atoms with van der Waals surface area (Å²) in [6, 6.07) is 14.0. The lowest BCUT2D eigenvalue weighted by Crippen LogP contribution is -2.32. The van der Waals surface area contributed by atoms with Crippen molar-refractivity contribution in [1.29, 1.82) is 0 Å². The molecule has 180 valence electrons. The van der Waals surface area contributed by atoms with E-state index in [1.807, 2.05) is 32.0 Å². The van der Waals surface area contributed by atoms with E-state index in [1.54, 1.807) is 41.7 Å². The van der Waals surface area contributed by atoms with Crippen LogP contribution in [0, 0.1) is 13.8 Å². The van der Waals surface area contributed by atoms with Gasteiger partial charge in [-0.25, -0.2) is 8.42 Å². The molecule has 1 N–H and O–H groups in total. The number of anilines is 1. The Bertz CT molecular complexity index is 1310. The minimum atomic E-state index is -3.81. The summed E-state index contributed by atoms with van der Waals surface area (Å²) in [5, 5.41) is 1.79. The molecule has 0 radical (unpaired) electrons. The molecule has 2 aromatic carbocycles. The molecule has 2 heterocycles. The van der Waals surface area contributed by atoms with Crippen LogP contribution < -0.4 is 9.46 Å². The maximum atomic E-state index is 13.2. The molecule has 3 aromatic rings. The van der Waals surface area contributed by atoms with Gasteiger partial charge in [-0.05, 0) is 49.1 Å². The SMILES string of the molecule is CO[C@@H]1CN(C(=O)c2cc(C)ccc2C)C[C@H]1Oc1cccc(NS(=O)(=O)c2sccc2Cl)c1. The van der Waals surface area contributed by atoms with Gasteiger partial charge in [0, 0.05) is 18.7 Å². The van der Waals surface area contributed by atoms with Crippen molar-refractivity contribution in [3.05, 3.63) is 75.6 Å². The Labute approximate surface area is 208 Å². The van der Waals surface area contributed by atoms with Gasteiger partial charge in [-0.15, -0.1) is 11.3 Å². The van der Waals surface area contributed by atoms with Gasteiger partial charge in [0.1, 0.15) is 18.0 Å². The van der Waals surface area contributed by atoms with Crippen LogP contribution in [0.15, 0.2) is 58.1 Å². The van der Waals surface area contributed by atoms with E-state index in [2.05, 4.69) is 4.72 Å². The number of hydrogen-bond donors (Lipinski definition) is 1. The quantitative estimate of drug-likeness (QED) is 0.486. The third-order valence-electron chi connectivity index (χ3n) is 5.63. The topological polar surface area (TPSA) is 84.9 Å².